The maximum Gasteiger partial charge on any atom is 0.249 e. The van der Waals surface area contributed by atoms with Crippen LogP contribution in [0.25, 0.3) is 0 Å². The van der Waals surface area contributed by atoms with Crippen LogP contribution in [0.3, 0.4) is 0 Å². The minimum absolute atomic E-state index is 0.376. The largest absolute Gasteiger partial charge is 0.394 e. The molecule has 0 aliphatic carbocycles. The summed E-state index contributed by atoms with van der Waals surface area (Å²) in [5, 5.41) is 33.3. The first-order valence-electron chi connectivity index (χ1n) is 27.5. The second kappa shape index (κ2) is 51.9. The van der Waals surface area contributed by atoms with Crippen molar-refractivity contribution in [3.05, 3.63) is 48.6 Å². The van der Waals surface area contributed by atoms with Crippen LogP contribution in [0.15, 0.2) is 48.6 Å². The zero-order valence-corrected chi connectivity index (χ0v) is 41.5. The molecule has 0 heterocycles. The van der Waals surface area contributed by atoms with Gasteiger partial charge in [0.15, 0.2) is 0 Å². The summed E-state index contributed by atoms with van der Waals surface area (Å²) >= 11 is 0. The molecular weight excluding hydrogens is 763 g/mol. The Kier molecular flexibility index (Phi) is 50.5. The van der Waals surface area contributed by atoms with Gasteiger partial charge >= 0.3 is 0 Å². The lowest BCUT2D eigenvalue weighted by Crippen LogP contribution is -2.48. The number of nitrogens with one attached hydrogen (secondary N) is 1. The molecule has 0 spiro atoms. The molecule has 3 atom stereocenters. The molecule has 0 aromatic carbocycles. The topological polar surface area (TPSA) is 89.8 Å². The summed E-state index contributed by atoms with van der Waals surface area (Å²) < 4.78 is 0. The molecule has 0 fully saturated rings. The van der Waals surface area contributed by atoms with Gasteiger partial charge in [-0.15, -0.1) is 0 Å². The molecule has 62 heavy (non-hydrogen) atoms. The summed E-state index contributed by atoms with van der Waals surface area (Å²) in [6, 6.07) is -0.815. The van der Waals surface area contributed by atoms with Gasteiger partial charge in [0, 0.05) is 0 Å². The number of carbonyl (C=O) groups is 1. The normalized spacial score (nSPS) is 13.7. The first-order valence-corrected chi connectivity index (χ1v) is 27.5. The number of hydrogen-bond donors (Lipinski definition) is 4. The van der Waals surface area contributed by atoms with Crippen LogP contribution < -0.4 is 5.32 Å². The maximum absolute atomic E-state index is 12.5. The van der Waals surface area contributed by atoms with Gasteiger partial charge in [-0.05, 0) is 64.2 Å². The van der Waals surface area contributed by atoms with E-state index in [0.717, 1.165) is 44.9 Å². The predicted molar refractivity (Wildman–Crippen MR) is 273 cm³/mol. The number of rotatable bonds is 50. The highest BCUT2D eigenvalue weighted by Crippen LogP contribution is 2.16. The van der Waals surface area contributed by atoms with Gasteiger partial charge in [0.1, 0.15) is 6.10 Å². The van der Waals surface area contributed by atoms with Crippen LogP contribution in [-0.2, 0) is 4.79 Å². The van der Waals surface area contributed by atoms with Crippen molar-refractivity contribution in [1.29, 1.82) is 0 Å². The molecule has 4 N–H and O–H groups in total. The third kappa shape index (κ3) is 46.3. The van der Waals surface area contributed by atoms with E-state index < -0.39 is 24.2 Å². The molecule has 0 aromatic heterocycles. The van der Waals surface area contributed by atoms with Crippen molar-refractivity contribution in [3.8, 4) is 0 Å². The molecule has 0 aromatic rings. The lowest BCUT2D eigenvalue weighted by atomic mass is 10.0. The van der Waals surface area contributed by atoms with Gasteiger partial charge in [-0.3, -0.25) is 4.79 Å². The molecule has 0 radical (unpaired) electrons. The SMILES string of the molecule is CCCCCCCCCCC/C=C\C/C=C\CCCCCCCCCCCCCCCCCCC(O)C(=O)NC(CO)C(O)/C=C/CC/C=C/CCCCCCCCCCCC. The average molecular weight is 870 g/mol. The number of unbranched alkanes of at least 4 members (excludes halogenated alkanes) is 36. The molecule has 0 bridgehead atoms. The lowest BCUT2D eigenvalue weighted by molar-refractivity contribution is -0.131. The van der Waals surface area contributed by atoms with E-state index in [9.17, 15) is 20.1 Å². The molecule has 3 unspecified atom stereocenters. The molecule has 0 rings (SSSR count). The summed E-state index contributed by atoms with van der Waals surface area (Å²) in [7, 11) is 0. The smallest absolute Gasteiger partial charge is 0.249 e. The van der Waals surface area contributed by atoms with Crippen molar-refractivity contribution in [1.82, 2.24) is 5.32 Å². The Labute approximate surface area is 387 Å². The number of aliphatic hydroxyl groups is 3. The van der Waals surface area contributed by atoms with E-state index in [2.05, 4.69) is 55.6 Å². The summed E-state index contributed by atoms with van der Waals surface area (Å²) in [5.41, 5.74) is 0. The van der Waals surface area contributed by atoms with E-state index in [4.69, 9.17) is 0 Å². The van der Waals surface area contributed by atoms with E-state index >= 15 is 0 Å². The van der Waals surface area contributed by atoms with Crippen LogP contribution >= 0.6 is 0 Å². The van der Waals surface area contributed by atoms with Gasteiger partial charge in [-0.2, -0.15) is 0 Å². The summed E-state index contributed by atoms with van der Waals surface area (Å²) in [6.45, 7) is 4.18. The minimum atomic E-state index is -1.11. The Morgan fingerprint density at radius 1 is 0.403 bits per heavy atom. The molecule has 364 valence electrons. The van der Waals surface area contributed by atoms with E-state index in [0.29, 0.717) is 6.42 Å². The molecule has 5 heteroatoms. The van der Waals surface area contributed by atoms with Crippen molar-refractivity contribution >= 4 is 5.91 Å². The zero-order valence-electron chi connectivity index (χ0n) is 41.5. The van der Waals surface area contributed by atoms with Crippen LogP contribution in [0, 0.1) is 0 Å². The van der Waals surface area contributed by atoms with Crippen LogP contribution in [0.1, 0.15) is 284 Å². The van der Waals surface area contributed by atoms with Gasteiger partial charge in [0.05, 0.1) is 18.8 Å². The first-order chi connectivity index (χ1) is 30.6. The Morgan fingerprint density at radius 2 is 0.710 bits per heavy atom. The van der Waals surface area contributed by atoms with Crippen LogP contribution in [0.4, 0.5) is 0 Å². The number of carbonyl (C=O) groups excluding carboxylic acids is 1. The number of aliphatic hydroxyl groups excluding tert-OH is 3. The number of allylic oxidation sites excluding steroid dienone is 7. The van der Waals surface area contributed by atoms with E-state index in [-0.39, 0.29) is 6.61 Å². The van der Waals surface area contributed by atoms with Gasteiger partial charge in [0.25, 0.3) is 0 Å². The third-order valence-electron chi connectivity index (χ3n) is 12.6. The fourth-order valence-corrected chi connectivity index (χ4v) is 8.35. The predicted octanol–water partition coefficient (Wildman–Crippen LogP) is 16.8. The second-order valence-corrected chi connectivity index (χ2v) is 18.8. The van der Waals surface area contributed by atoms with Crippen LogP contribution in [0.5, 0.6) is 0 Å². The molecule has 5 nitrogen and oxygen atoms in total. The second-order valence-electron chi connectivity index (χ2n) is 18.8. The number of amides is 1. The van der Waals surface area contributed by atoms with Crippen LogP contribution in [-0.4, -0.2) is 46.1 Å². The van der Waals surface area contributed by atoms with Crippen molar-refractivity contribution in [3.63, 3.8) is 0 Å². The summed E-state index contributed by atoms with van der Waals surface area (Å²) in [6.07, 6.45) is 69.0. The molecule has 0 saturated carbocycles. The maximum atomic E-state index is 12.5. The lowest BCUT2D eigenvalue weighted by Gasteiger charge is -2.21. The van der Waals surface area contributed by atoms with Crippen molar-refractivity contribution < 1.29 is 20.1 Å². The van der Waals surface area contributed by atoms with Crippen molar-refractivity contribution in [2.75, 3.05) is 6.61 Å². The molecule has 0 saturated heterocycles. The van der Waals surface area contributed by atoms with E-state index in [1.165, 1.54) is 218 Å². The third-order valence-corrected chi connectivity index (χ3v) is 12.6. The van der Waals surface area contributed by atoms with Gasteiger partial charge in [-0.1, -0.05) is 268 Å². The summed E-state index contributed by atoms with van der Waals surface area (Å²) in [5.74, 6) is -0.511. The average Bonchev–Trinajstić information content (AvgIpc) is 3.28. The molecular formula is C57H107NO4. The van der Waals surface area contributed by atoms with Gasteiger partial charge in [0.2, 0.25) is 5.91 Å². The molecule has 0 aliphatic heterocycles. The zero-order chi connectivity index (χ0) is 45.1. The first kappa shape index (κ1) is 60.3. The minimum Gasteiger partial charge on any atom is -0.394 e. The Bertz CT molecular complexity index is 1000. The Morgan fingerprint density at radius 3 is 1.08 bits per heavy atom. The van der Waals surface area contributed by atoms with Gasteiger partial charge < -0.3 is 20.6 Å². The fourth-order valence-electron chi connectivity index (χ4n) is 8.35. The standard InChI is InChI=1S/C57H107NO4/c1-3-5-7-9-11-13-15-17-19-21-22-23-24-25-26-27-28-29-30-31-32-33-34-35-36-38-40-42-44-46-48-50-52-56(61)57(62)58-54(53-59)55(60)51-49-47-45-43-41-39-37-20-18-16-14-12-10-8-6-4-2/h22-23,25-26,41,43,49,51,54-56,59-61H,3-21,24,27-40,42,44-48,50,52-53H2,1-2H3,(H,58,62)/b23-22-,26-25-,43-41+,51-49+. The van der Waals surface area contributed by atoms with Crippen molar-refractivity contribution in [2.45, 2.75) is 302 Å². The summed E-state index contributed by atoms with van der Waals surface area (Å²) in [4.78, 5) is 12.5. The Balaban J connectivity index is 3.57. The fraction of sp³-hybridized carbons (Fsp3) is 0.842. The van der Waals surface area contributed by atoms with E-state index in [1.807, 2.05) is 6.08 Å². The molecule has 0 aliphatic rings. The van der Waals surface area contributed by atoms with Gasteiger partial charge in [-0.25, -0.2) is 0 Å². The highest BCUT2D eigenvalue weighted by Gasteiger charge is 2.22. The monoisotopic (exact) mass is 870 g/mol. The Hall–Kier alpha value is -1.69. The highest BCUT2D eigenvalue weighted by molar-refractivity contribution is 5.80. The quantitative estimate of drug-likeness (QED) is 0.0362. The van der Waals surface area contributed by atoms with Crippen LogP contribution in [0.2, 0.25) is 0 Å². The van der Waals surface area contributed by atoms with E-state index in [1.54, 1.807) is 6.08 Å². The number of hydrogen-bond acceptors (Lipinski definition) is 4. The van der Waals surface area contributed by atoms with Crippen molar-refractivity contribution in [2.24, 2.45) is 0 Å². The molecule has 1 amide bonds. The highest BCUT2D eigenvalue weighted by atomic mass is 16.3.